The van der Waals surface area contributed by atoms with E-state index in [1.165, 1.54) is 17.7 Å². The van der Waals surface area contributed by atoms with Crippen LogP contribution in [0.1, 0.15) is 38.8 Å². The molecule has 0 spiro atoms. The number of rotatable bonds is 5. The highest BCUT2D eigenvalue weighted by Crippen LogP contribution is 2.28. The summed E-state index contributed by atoms with van der Waals surface area (Å²) >= 11 is 2.07. The Kier molecular flexibility index (Phi) is 4.95. The Hall–Kier alpha value is -0.670. The lowest BCUT2D eigenvalue weighted by molar-refractivity contribution is 0.340. The molecule has 1 heterocycles. The number of thioether (sulfide) groups is 1. The van der Waals surface area contributed by atoms with Crippen molar-refractivity contribution in [2.75, 3.05) is 12.4 Å². The summed E-state index contributed by atoms with van der Waals surface area (Å²) in [7, 11) is 0. The molecule has 1 fully saturated rings. The van der Waals surface area contributed by atoms with Crippen molar-refractivity contribution in [1.29, 1.82) is 0 Å². The van der Waals surface area contributed by atoms with Crippen LogP contribution in [0.2, 0.25) is 0 Å². The van der Waals surface area contributed by atoms with E-state index < -0.39 is 0 Å². The molecule has 18 heavy (non-hydrogen) atoms. The van der Waals surface area contributed by atoms with Gasteiger partial charge in [0.1, 0.15) is 5.75 Å². The van der Waals surface area contributed by atoms with E-state index in [0.717, 1.165) is 17.6 Å². The summed E-state index contributed by atoms with van der Waals surface area (Å²) in [6.07, 6.45) is 1.28. The van der Waals surface area contributed by atoms with Gasteiger partial charge in [-0.15, -0.1) is 0 Å². The molecule has 1 aliphatic rings. The van der Waals surface area contributed by atoms with Gasteiger partial charge in [-0.1, -0.05) is 19.1 Å². The topological polar surface area (TPSA) is 21.3 Å². The van der Waals surface area contributed by atoms with E-state index >= 15 is 0 Å². The number of hydrogen-bond acceptors (Lipinski definition) is 3. The zero-order chi connectivity index (χ0) is 13.0. The van der Waals surface area contributed by atoms with Crippen molar-refractivity contribution in [3.05, 3.63) is 29.8 Å². The minimum Gasteiger partial charge on any atom is -0.494 e. The van der Waals surface area contributed by atoms with Gasteiger partial charge < -0.3 is 10.1 Å². The molecule has 3 atom stereocenters. The third-order valence-electron chi connectivity index (χ3n) is 3.53. The smallest absolute Gasteiger partial charge is 0.119 e. The Morgan fingerprint density at radius 2 is 2.11 bits per heavy atom. The quantitative estimate of drug-likeness (QED) is 0.878. The van der Waals surface area contributed by atoms with Crippen molar-refractivity contribution in [1.82, 2.24) is 5.32 Å². The van der Waals surface area contributed by atoms with E-state index in [9.17, 15) is 0 Å². The lowest BCUT2D eigenvalue weighted by Crippen LogP contribution is -2.35. The zero-order valence-electron chi connectivity index (χ0n) is 11.5. The molecule has 1 saturated heterocycles. The molecule has 0 aromatic heterocycles. The number of nitrogens with one attached hydrogen (secondary N) is 1. The van der Waals surface area contributed by atoms with Gasteiger partial charge in [0.25, 0.3) is 0 Å². The largest absolute Gasteiger partial charge is 0.494 e. The highest BCUT2D eigenvalue weighted by Gasteiger charge is 2.25. The van der Waals surface area contributed by atoms with Crippen molar-refractivity contribution in [3.63, 3.8) is 0 Å². The summed E-state index contributed by atoms with van der Waals surface area (Å²) in [5, 5.41) is 4.47. The Balaban J connectivity index is 1.93. The van der Waals surface area contributed by atoms with Crippen LogP contribution in [0.25, 0.3) is 0 Å². The van der Waals surface area contributed by atoms with E-state index in [4.69, 9.17) is 4.74 Å². The summed E-state index contributed by atoms with van der Waals surface area (Å²) in [6, 6.07) is 9.50. The lowest BCUT2D eigenvalue weighted by Gasteiger charge is -2.22. The molecule has 2 rings (SSSR count). The maximum absolute atomic E-state index is 5.47. The molecule has 0 aliphatic carbocycles. The molecule has 2 nitrogen and oxygen atoms in total. The average molecular weight is 265 g/mol. The van der Waals surface area contributed by atoms with Crippen LogP contribution in [0.15, 0.2) is 24.3 Å². The first-order chi connectivity index (χ1) is 8.70. The SMILES string of the molecule is CCOc1ccc(C(C)NC2CCSC2C)cc1. The van der Waals surface area contributed by atoms with Crippen LogP contribution < -0.4 is 10.1 Å². The van der Waals surface area contributed by atoms with Gasteiger partial charge in [-0.25, -0.2) is 0 Å². The maximum atomic E-state index is 5.47. The summed E-state index contributed by atoms with van der Waals surface area (Å²) in [6.45, 7) is 7.30. The van der Waals surface area contributed by atoms with Crippen molar-refractivity contribution in [3.8, 4) is 5.75 Å². The number of benzene rings is 1. The average Bonchev–Trinajstić information content (AvgIpc) is 2.76. The third kappa shape index (κ3) is 3.42. The van der Waals surface area contributed by atoms with Crippen LogP contribution in [0.5, 0.6) is 5.75 Å². The Bertz CT molecular complexity index is 365. The predicted octanol–water partition coefficient (Wildman–Crippen LogP) is 3.63. The predicted molar refractivity (Wildman–Crippen MR) is 79.5 cm³/mol. The summed E-state index contributed by atoms with van der Waals surface area (Å²) in [5.41, 5.74) is 1.34. The van der Waals surface area contributed by atoms with E-state index in [0.29, 0.717) is 12.1 Å². The van der Waals surface area contributed by atoms with Crippen LogP contribution >= 0.6 is 11.8 Å². The molecule has 3 heteroatoms. The van der Waals surface area contributed by atoms with Gasteiger partial charge in [0, 0.05) is 17.3 Å². The lowest BCUT2D eigenvalue weighted by atomic mass is 10.1. The molecule has 0 amide bonds. The van der Waals surface area contributed by atoms with E-state index in [-0.39, 0.29) is 0 Å². The first-order valence-corrected chi connectivity index (χ1v) is 7.86. The summed E-state index contributed by atoms with van der Waals surface area (Å²) in [5.74, 6) is 2.24. The fraction of sp³-hybridized carbons (Fsp3) is 0.600. The van der Waals surface area contributed by atoms with Crippen molar-refractivity contribution >= 4 is 11.8 Å². The molecule has 0 radical (unpaired) electrons. The van der Waals surface area contributed by atoms with Gasteiger partial charge in [0.2, 0.25) is 0 Å². The maximum Gasteiger partial charge on any atom is 0.119 e. The van der Waals surface area contributed by atoms with Crippen molar-refractivity contribution < 1.29 is 4.74 Å². The van der Waals surface area contributed by atoms with Gasteiger partial charge in [-0.2, -0.15) is 11.8 Å². The number of hydrogen-bond donors (Lipinski definition) is 1. The first kappa shape index (κ1) is 13.8. The molecular weight excluding hydrogens is 242 g/mol. The normalized spacial score (nSPS) is 25.1. The highest BCUT2D eigenvalue weighted by atomic mass is 32.2. The fourth-order valence-corrected chi connectivity index (χ4v) is 3.60. The molecule has 0 saturated carbocycles. The molecule has 100 valence electrons. The first-order valence-electron chi connectivity index (χ1n) is 6.81. The third-order valence-corrected chi connectivity index (χ3v) is 4.86. The van der Waals surface area contributed by atoms with Crippen LogP contribution in [-0.2, 0) is 0 Å². The van der Waals surface area contributed by atoms with Crippen molar-refractivity contribution in [2.45, 2.75) is 44.5 Å². The molecule has 0 bridgehead atoms. The van der Waals surface area contributed by atoms with Crippen LogP contribution in [0.3, 0.4) is 0 Å². The highest BCUT2D eigenvalue weighted by molar-refractivity contribution is 8.00. The molecule has 1 N–H and O–H groups in total. The van der Waals surface area contributed by atoms with Crippen molar-refractivity contribution in [2.24, 2.45) is 0 Å². The van der Waals surface area contributed by atoms with E-state index in [1.807, 2.05) is 6.92 Å². The molecule has 3 unspecified atom stereocenters. The Labute approximate surface area is 114 Å². The fourth-order valence-electron chi connectivity index (χ4n) is 2.39. The van der Waals surface area contributed by atoms with Crippen LogP contribution in [0.4, 0.5) is 0 Å². The Morgan fingerprint density at radius 3 is 2.67 bits per heavy atom. The monoisotopic (exact) mass is 265 g/mol. The van der Waals surface area contributed by atoms with Gasteiger partial charge in [-0.05, 0) is 43.7 Å². The zero-order valence-corrected chi connectivity index (χ0v) is 12.3. The second kappa shape index (κ2) is 6.48. The van der Waals surface area contributed by atoms with Gasteiger partial charge in [-0.3, -0.25) is 0 Å². The standard InChI is InChI=1S/C15H23NOS/c1-4-17-14-7-5-13(6-8-14)11(2)16-15-9-10-18-12(15)3/h5-8,11-12,15-16H,4,9-10H2,1-3H3. The van der Waals surface area contributed by atoms with E-state index in [1.54, 1.807) is 0 Å². The van der Waals surface area contributed by atoms with Crippen LogP contribution in [-0.4, -0.2) is 23.7 Å². The van der Waals surface area contributed by atoms with Gasteiger partial charge in [0.15, 0.2) is 0 Å². The van der Waals surface area contributed by atoms with Crippen LogP contribution in [0, 0.1) is 0 Å². The number of ether oxygens (including phenoxy) is 1. The molecule has 1 aliphatic heterocycles. The molecule has 1 aromatic rings. The van der Waals surface area contributed by atoms with E-state index in [2.05, 4.69) is 55.2 Å². The second-order valence-electron chi connectivity index (χ2n) is 4.86. The summed E-state index contributed by atoms with van der Waals surface area (Å²) in [4.78, 5) is 0. The van der Waals surface area contributed by atoms with Gasteiger partial charge >= 0.3 is 0 Å². The minimum absolute atomic E-state index is 0.409. The van der Waals surface area contributed by atoms with Gasteiger partial charge in [0.05, 0.1) is 6.61 Å². The Morgan fingerprint density at radius 1 is 1.39 bits per heavy atom. The minimum atomic E-state index is 0.409. The second-order valence-corrected chi connectivity index (χ2v) is 6.35. The molecule has 1 aromatic carbocycles. The summed E-state index contributed by atoms with van der Waals surface area (Å²) < 4.78 is 5.47. The molecular formula is C15H23NOS.